The van der Waals surface area contributed by atoms with Gasteiger partial charge in [-0.15, -0.1) is 0 Å². The van der Waals surface area contributed by atoms with E-state index in [1.807, 2.05) is 0 Å². The van der Waals surface area contributed by atoms with Crippen molar-refractivity contribution in [1.29, 1.82) is 0 Å². The van der Waals surface area contributed by atoms with E-state index in [0.29, 0.717) is 5.56 Å². The van der Waals surface area contributed by atoms with Crippen LogP contribution in [0.2, 0.25) is 10.0 Å². The van der Waals surface area contributed by atoms with Crippen molar-refractivity contribution in [2.75, 3.05) is 26.4 Å². The van der Waals surface area contributed by atoms with Crippen molar-refractivity contribution in [3.8, 4) is 0 Å². The summed E-state index contributed by atoms with van der Waals surface area (Å²) in [7, 11) is 2.89. The third kappa shape index (κ3) is 3.77. The average Bonchev–Trinajstić information content (AvgIpc) is 2.42. The molecule has 0 aliphatic carbocycles. The Morgan fingerprint density at radius 2 is 1.85 bits per heavy atom. The molecule has 0 bridgehead atoms. The van der Waals surface area contributed by atoms with Gasteiger partial charge in [0.05, 0.1) is 28.8 Å². The third-order valence-electron chi connectivity index (χ3n) is 2.82. The number of nitrogens with two attached hydrogens (primary N) is 1. The maximum atomic E-state index is 12.2. The second kappa shape index (κ2) is 6.81. The fourth-order valence-electron chi connectivity index (χ4n) is 1.70. The summed E-state index contributed by atoms with van der Waals surface area (Å²) in [6.07, 6.45) is 0. The van der Waals surface area contributed by atoms with Crippen molar-refractivity contribution >= 4 is 40.8 Å². The lowest BCUT2D eigenvalue weighted by atomic mass is 10.1. The summed E-state index contributed by atoms with van der Waals surface area (Å²) in [5, 5.41) is 0.436. The van der Waals surface area contributed by atoms with Crippen molar-refractivity contribution in [1.82, 2.24) is 4.90 Å². The monoisotopic (exact) mass is 318 g/mol. The number of hydrogen-bond donors (Lipinski definition) is 1. The molecule has 1 aromatic carbocycles. The van der Waals surface area contributed by atoms with Crippen LogP contribution in [0.4, 0.5) is 5.69 Å². The van der Waals surface area contributed by atoms with Gasteiger partial charge in [-0.25, -0.2) is 0 Å². The number of halogens is 2. The quantitative estimate of drug-likeness (QED) is 0.683. The summed E-state index contributed by atoms with van der Waals surface area (Å²) >= 11 is 11.8. The number of benzene rings is 1. The van der Waals surface area contributed by atoms with Gasteiger partial charge in [0.1, 0.15) is 0 Å². The zero-order valence-electron chi connectivity index (χ0n) is 11.4. The highest BCUT2D eigenvalue weighted by Gasteiger charge is 2.20. The molecule has 0 aliphatic heterocycles. The smallest absolute Gasteiger partial charge is 0.310 e. The minimum atomic E-state index is -0.423. The van der Waals surface area contributed by atoms with E-state index < -0.39 is 5.92 Å². The normalized spacial score (nSPS) is 11.8. The topological polar surface area (TPSA) is 72.6 Å². The van der Waals surface area contributed by atoms with Gasteiger partial charge in [0.15, 0.2) is 0 Å². The maximum absolute atomic E-state index is 12.2. The van der Waals surface area contributed by atoms with Gasteiger partial charge in [0, 0.05) is 19.2 Å². The van der Waals surface area contributed by atoms with Gasteiger partial charge in [-0.3, -0.25) is 9.59 Å². The number of nitrogen functional groups attached to an aromatic ring is 1. The van der Waals surface area contributed by atoms with Crippen LogP contribution in [-0.2, 0) is 9.53 Å². The Morgan fingerprint density at radius 3 is 2.30 bits per heavy atom. The van der Waals surface area contributed by atoms with Crippen LogP contribution in [-0.4, -0.2) is 37.5 Å². The number of anilines is 1. The average molecular weight is 319 g/mol. The van der Waals surface area contributed by atoms with Gasteiger partial charge in [-0.1, -0.05) is 30.1 Å². The number of carbonyl (C=O) groups is 2. The predicted molar refractivity (Wildman–Crippen MR) is 79.0 cm³/mol. The molecule has 0 saturated heterocycles. The highest BCUT2D eigenvalue weighted by atomic mass is 35.5. The maximum Gasteiger partial charge on any atom is 0.310 e. The lowest BCUT2D eigenvalue weighted by molar-refractivity contribution is -0.145. The molecule has 7 heteroatoms. The van der Waals surface area contributed by atoms with E-state index in [2.05, 4.69) is 4.74 Å². The van der Waals surface area contributed by atoms with E-state index >= 15 is 0 Å². The number of rotatable bonds is 4. The van der Waals surface area contributed by atoms with Crippen LogP contribution in [0.5, 0.6) is 0 Å². The first kappa shape index (κ1) is 16.6. The molecular formula is C13H16Cl2N2O3. The predicted octanol–water partition coefficient (Wildman–Crippen LogP) is 2.46. The lowest BCUT2D eigenvalue weighted by Crippen LogP contribution is -2.34. The molecule has 0 aliphatic rings. The summed E-state index contributed by atoms with van der Waals surface area (Å²) in [5.41, 5.74) is 6.16. The molecule has 1 aromatic rings. The molecule has 0 heterocycles. The van der Waals surface area contributed by atoms with Crippen molar-refractivity contribution < 1.29 is 14.3 Å². The highest BCUT2D eigenvalue weighted by molar-refractivity contribution is 6.39. The van der Waals surface area contributed by atoms with Crippen molar-refractivity contribution in [2.45, 2.75) is 6.92 Å². The summed E-state index contributed by atoms with van der Waals surface area (Å²) in [4.78, 5) is 25.0. The van der Waals surface area contributed by atoms with Crippen LogP contribution < -0.4 is 5.73 Å². The molecule has 20 heavy (non-hydrogen) atoms. The standard InChI is InChI=1S/C13H16Cl2N2O3/c1-7(13(19)20-3)6-17(2)12(18)8-4-9(14)11(16)10(15)5-8/h4-5,7H,6,16H2,1-3H3. The van der Waals surface area contributed by atoms with Gasteiger partial charge < -0.3 is 15.4 Å². The molecule has 0 aromatic heterocycles. The summed E-state index contributed by atoms with van der Waals surface area (Å²) in [6, 6.07) is 2.90. The SMILES string of the molecule is COC(=O)C(C)CN(C)C(=O)c1cc(Cl)c(N)c(Cl)c1. The number of ether oxygens (including phenoxy) is 1. The molecule has 1 unspecified atom stereocenters. The first-order chi connectivity index (χ1) is 9.27. The van der Waals surface area contributed by atoms with Crippen molar-refractivity contribution in [3.05, 3.63) is 27.7 Å². The minimum absolute atomic E-state index is 0.218. The van der Waals surface area contributed by atoms with E-state index in [-0.39, 0.29) is 34.2 Å². The van der Waals surface area contributed by atoms with Gasteiger partial charge in [-0.2, -0.15) is 0 Å². The molecule has 110 valence electrons. The van der Waals surface area contributed by atoms with E-state index in [1.165, 1.54) is 24.1 Å². The Labute approximate surface area is 127 Å². The molecule has 0 fully saturated rings. The van der Waals surface area contributed by atoms with Gasteiger partial charge in [0.25, 0.3) is 5.91 Å². The molecule has 1 amide bonds. The first-order valence-corrected chi connectivity index (χ1v) is 6.61. The molecule has 5 nitrogen and oxygen atoms in total. The Balaban J connectivity index is 2.87. The zero-order valence-corrected chi connectivity index (χ0v) is 13.0. The van der Waals surface area contributed by atoms with Gasteiger partial charge in [0.2, 0.25) is 0 Å². The fraction of sp³-hybridized carbons (Fsp3) is 0.385. The van der Waals surface area contributed by atoms with Gasteiger partial charge >= 0.3 is 5.97 Å². The Bertz CT molecular complexity index is 511. The summed E-state index contributed by atoms with van der Waals surface area (Å²) < 4.78 is 4.62. The molecule has 0 radical (unpaired) electrons. The number of carbonyl (C=O) groups excluding carboxylic acids is 2. The molecule has 2 N–H and O–H groups in total. The van der Waals surface area contributed by atoms with Crippen LogP contribution in [0.3, 0.4) is 0 Å². The highest BCUT2D eigenvalue weighted by Crippen LogP contribution is 2.29. The van der Waals surface area contributed by atoms with E-state index in [0.717, 1.165) is 0 Å². The number of esters is 1. The van der Waals surface area contributed by atoms with Crippen molar-refractivity contribution in [3.63, 3.8) is 0 Å². The second-order valence-electron chi connectivity index (χ2n) is 4.46. The van der Waals surface area contributed by atoms with Crippen LogP contribution in [0.15, 0.2) is 12.1 Å². The fourth-order valence-corrected chi connectivity index (χ4v) is 2.18. The molecule has 0 spiro atoms. The largest absolute Gasteiger partial charge is 0.469 e. The molecule has 1 rings (SSSR count). The first-order valence-electron chi connectivity index (χ1n) is 5.85. The number of hydrogen-bond acceptors (Lipinski definition) is 4. The third-order valence-corrected chi connectivity index (χ3v) is 3.45. The second-order valence-corrected chi connectivity index (χ2v) is 5.28. The molecule has 1 atom stereocenters. The summed E-state index contributed by atoms with van der Waals surface area (Å²) in [6.45, 7) is 1.91. The lowest BCUT2D eigenvalue weighted by Gasteiger charge is -2.20. The number of nitrogens with zero attached hydrogens (tertiary/aromatic N) is 1. The Kier molecular flexibility index (Phi) is 5.65. The van der Waals surface area contributed by atoms with E-state index in [4.69, 9.17) is 28.9 Å². The Morgan fingerprint density at radius 1 is 1.35 bits per heavy atom. The van der Waals surface area contributed by atoms with Crippen LogP contribution in [0, 0.1) is 5.92 Å². The number of methoxy groups -OCH3 is 1. The minimum Gasteiger partial charge on any atom is -0.469 e. The number of amides is 1. The van der Waals surface area contributed by atoms with Gasteiger partial charge in [-0.05, 0) is 12.1 Å². The van der Waals surface area contributed by atoms with E-state index in [9.17, 15) is 9.59 Å². The summed E-state index contributed by atoms with van der Waals surface area (Å²) in [5.74, 6) is -1.10. The molecule has 0 saturated carbocycles. The van der Waals surface area contributed by atoms with Crippen LogP contribution in [0.1, 0.15) is 17.3 Å². The van der Waals surface area contributed by atoms with Crippen LogP contribution in [0.25, 0.3) is 0 Å². The zero-order chi connectivity index (χ0) is 15.4. The Hall–Kier alpha value is -1.46. The van der Waals surface area contributed by atoms with Crippen LogP contribution >= 0.6 is 23.2 Å². The molecular weight excluding hydrogens is 303 g/mol. The van der Waals surface area contributed by atoms with Crippen molar-refractivity contribution in [2.24, 2.45) is 5.92 Å². The van der Waals surface area contributed by atoms with E-state index in [1.54, 1.807) is 14.0 Å².